The molecule has 1 heterocycles. The number of nitrogens with one attached hydrogen (secondary N) is 2. The molecule has 29 heavy (non-hydrogen) atoms. The maximum atomic E-state index is 12.9. The summed E-state index contributed by atoms with van der Waals surface area (Å²) >= 11 is 18.0. The second kappa shape index (κ2) is 8.61. The second-order valence-electron chi connectivity index (χ2n) is 6.80. The largest absolute Gasteiger partial charge is 0.354 e. The van der Waals surface area contributed by atoms with Crippen molar-refractivity contribution in [1.82, 2.24) is 15.5 Å². The molecule has 4 amide bonds. The Kier molecular flexibility index (Phi) is 6.36. The van der Waals surface area contributed by atoms with Crippen molar-refractivity contribution in [3.8, 4) is 0 Å². The molecule has 0 aliphatic carbocycles. The lowest BCUT2D eigenvalue weighted by molar-refractivity contribution is -0.134. The number of amides is 4. The lowest BCUT2D eigenvalue weighted by atomic mass is 9.92. The lowest BCUT2D eigenvalue weighted by Crippen LogP contribution is -2.43. The number of hydrogen-bond donors (Lipinski definition) is 2. The number of hydrogen-bond acceptors (Lipinski definition) is 3. The first kappa shape index (κ1) is 21.4. The van der Waals surface area contributed by atoms with Gasteiger partial charge in [0.25, 0.3) is 5.91 Å². The highest BCUT2D eigenvalue weighted by Crippen LogP contribution is 2.34. The van der Waals surface area contributed by atoms with Gasteiger partial charge in [-0.2, -0.15) is 0 Å². The van der Waals surface area contributed by atoms with Gasteiger partial charge in [-0.3, -0.25) is 14.5 Å². The van der Waals surface area contributed by atoms with Crippen LogP contribution in [0, 0.1) is 0 Å². The number of carbonyl (C=O) groups is 3. The van der Waals surface area contributed by atoms with Crippen LogP contribution in [0.1, 0.15) is 18.1 Å². The summed E-state index contributed by atoms with van der Waals surface area (Å²) in [5, 5.41) is 6.63. The second-order valence-corrected chi connectivity index (χ2v) is 8.08. The van der Waals surface area contributed by atoms with Gasteiger partial charge >= 0.3 is 6.03 Å². The maximum Gasteiger partial charge on any atom is 0.325 e. The van der Waals surface area contributed by atoms with Gasteiger partial charge in [0, 0.05) is 27.2 Å². The summed E-state index contributed by atoms with van der Waals surface area (Å²) in [7, 11) is 0. The third kappa shape index (κ3) is 4.66. The van der Waals surface area contributed by atoms with Crippen molar-refractivity contribution in [2.45, 2.75) is 18.9 Å². The number of rotatable bonds is 6. The fourth-order valence-electron chi connectivity index (χ4n) is 3.11. The van der Waals surface area contributed by atoms with E-state index in [4.69, 9.17) is 34.8 Å². The molecule has 6 nitrogen and oxygen atoms in total. The average Bonchev–Trinajstić information content (AvgIpc) is 2.87. The van der Waals surface area contributed by atoms with Gasteiger partial charge in [0.1, 0.15) is 12.1 Å². The number of nitrogens with zero attached hydrogens (tertiary/aromatic N) is 1. The standard InChI is InChI=1S/C20H18Cl3N3O3/c1-20(15-7-6-14(22)10-16(15)23)18(28)26(19(29)25-20)11-17(27)24-9-8-12-2-4-13(21)5-3-12/h2-7,10H,8-9,11H2,1H3,(H,24,27)(H,25,29). The minimum absolute atomic E-state index is 0.253. The van der Waals surface area contributed by atoms with E-state index in [0.717, 1.165) is 10.5 Å². The first-order valence-electron chi connectivity index (χ1n) is 8.81. The van der Waals surface area contributed by atoms with E-state index in [0.29, 0.717) is 28.6 Å². The Labute approximate surface area is 183 Å². The Morgan fingerprint density at radius 1 is 1.07 bits per heavy atom. The number of benzene rings is 2. The van der Waals surface area contributed by atoms with E-state index in [1.165, 1.54) is 6.07 Å². The van der Waals surface area contributed by atoms with Crippen molar-refractivity contribution in [3.63, 3.8) is 0 Å². The topological polar surface area (TPSA) is 78.5 Å². The zero-order valence-corrected chi connectivity index (χ0v) is 17.7. The van der Waals surface area contributed by atoms with E-state index in [-0.39, 0.29) is 11.6 Å². The average molecular weight is 455 g/mol. The fraction of sp³-hybridized carbons (Fsp3) is 0.250. The molecule has 0 spiro atoms. The van der Waals surface area contributed by atoms with Crippen LogP contribution >= 0.6 is 34.8 Å². The van der Waals surface area contributed by atoms with Gasteiger partial charge in [0.2, 0.25) is 5.91 Å². The molecule has 1 aliphatic rings. The Balaban J connectivity index is 1.62. The predicted octanol–water partition coefficient (Wildman–Crippen LogP) is 3.77. The minimum atomic E-state index is -1.37. The molecule has 0 saturated carbocycles. The molecular formula is C20H18Cl3N3O3. The van der Waals surface area contributed by atoms with Crippen LogP contribution in [0.2, 0.25) is 15.1 Å². The van der Waals surface area contributed by atoms with Crippen LogP contribution in [0.25, 0.3) is 0 Å². The van der Waals surface area contributed by atoms with Crippen molar-refractivity contribution < 1.29 is 14.4 Å². The normalized spacial score (nSPS) is 18.7. The summed E-state index contributed by atoms with van der Waals surface area (Å²) in [6.07, 6.45) is 0.598. The van der Waals surface area contributed by atoms with Crippen LogP contribution in [0.3, 0.4) is 0 Å². The van der Waals surface area contributed by atoms with Crippen LogP contribution in [0.4, 0.5) is 4.79 Å². The highest BCUT2D eigenvalue weighted by molar-refractivity contribution is 6.35. The Morgan fingerprint density at radius 3 is 2.38 bits per heavy atom. The van der Waals surface area contributed by atoms with E-state index >= 15 is 0 Å². The summed E-state index contributed by atoms with van der Waals surface area (Å²) in [4.78, 5) is 38.4. The van der Waals surface area contributed by atoms with Crippen molar-refractivity contribution in [1.29, 1.82) is 0 Å². The van der Waals surface area contributed by atoms with Gasteiger partial charge in [-0.05, 0) is 43.2 Å². The maximum absolute atomic E-state index is 12.9. The quantitative estimate of drug-likeness (QED) is 0.652. The lowest BCUT2D eigenvalue weighted by Gasteiger charge is -2.23. The number of carbonyl (C=O) groups excluding carboxylic acids is 3. The van der Waals surface area contributed by atoms with Gasteiger partial charge < -0.3 is 10.6 Å². The zero-order chi connectivity index (χ0) is 21.2. The molecule has 1 atom stereocenters. The van der Waals surface area contributed by atoms with Crippen LogP contribution in [0.5, 0.6) is 0 Å². The van der Waals surface area contributed by atoms with Gasteiger partial charge in [-0.1, -0.05) is 53.0 Å². The molecule has 0 bridgehead atoms. The van der Waals surface area contributed by atoms with Gasteiger partial charge in [0.15, 0.2) is 0 Å². The molecule has 0 radical (unpaired) electrons. The summed E-state index contributed by atoms with van der Waals surface area (Å²) in [6.45, 7) is 1.53. The number of imide groups is 1. The van der Waals surface area contributed by atoms with Crippen molar-refractivity contribution in [2.24, 2.45) is 0 Å². The van der Waals surface area contributed by atoms with E-state index < -0.39 is 23.4 Å². The summed E-state index contributed by atoms with van der Waals surface area (Å²) < 4.78 is 0. The van der Waals surface area contributed by atoms with E-state index in [1.54, 1.807) is 31.2 Å². The Bertz CT molecular complexity index is 965. The van der Waals surface area contributed by atoms with Crippen molar-refractivity contribution in [2.75, 3.05) is 13.1 Å². The van der Waals surface area contributed by atoms with Crippen LogP contribution < -0.4 is 10.6 Å². The zero-order valence-electron chi connectivity index (χ0n) is 15.5. The molecule has 2 aromatic carbocycles. The van der Waals surface area contributed by atoms with Crippen molar-refractivity contribution in [3.05, 3.63) is 68.7 Å². The molecule has 1 unspecified atom stereocenters. The molecule has 1 aliphatic heterocycles. The molecule has 2 aromatic rings. The van der Waals surface area contributed by atoms with Crippen LogP contribution in [-0.2, 0) is 21.5 Å². The third-order valence-electron chi connectivity index (χ3n) is 4.70. The van der Waals surface area contributed by atoms with E-state index in [2.05, 4.69) is 10.6 Å². The first-order chi connectivity index (χ1) is 13.7. The monoisotopic (exact) mass is 453 g/mol. The molecular weight excluding hydrogens is 437 g/mol. The number of urea groups is 1. The summed E-state index contributed by atoms with van der Waals surface area (Å²) in [6, 6.07) is 11.3. The van der Waals surface area contributed by atoms with Crippen LogP contribution in [-0.4, -0.2) is 35.8 Å². The predicted molar refractivity (Wildman–Crippen MR) is 112 cm³/mol. The van der Waals surface area contributed by atoms with Gasteiger partial charge in [-0.25, -0.2) is 4.79 Å². The molecule has 3 rings (SSSR count). The number of halogens is 3. The minimum Gasteiger partial charge on any atom is -0.354 e. The molecule has 1 saturated heterocycles. The van der Waals surface area contributed by atoms with Gasteiger partial charge in [-0.15, -0.1) is 0 Å². The Hall–Kier alpha value is -2.28. The molecule has 9 heteroatoms. The van der Waals surface area contributed by atoms with Crippen molar-refractivity contribution >= 4 is 52.6 Å². The van der Waals surface area contributed by atoms with E-state index in [9.17, 15) is 14.4 Å². The highest BCUT2D eigenvalue weighted by atomic mass is 35.5. The van der Waals surface area contributed by atoms with Gasteiger partial charge in [0.05, 0.1) is 0 Å². The molecule has 0 aromatic heterocycles. The fourth-order valence-corrected chi connectivity index (χ4v) is 3.84. The highest BCUT2D eigenvalue weighted by Gasteiger charge is 2.50. The third-order valence-corrected chi connectivity index (χ3v) is 5.50. The summed E-state index contributed by atoms with van der Waals surface area (Å²) in [5.41, 5.74) is 0.0460. The summed E-state index contributed by atoms with van der Waals surface area (Å²) in [5.74, 6) is -0.992. The first-order valence-corrected chi connectivity index (χ1v) is 9.95. The smallest absolute Gasteiger partial charge is 0.325 e. The SMILES string of the molecule is CC1(c2ccc(Cl)cc2Cl)NC(=O)N(CC(=O)NCCc2ccc(Cl)cc2)C1=O. The van der Waals surface area contributed by atoms with E-state index in [1.807, 2.05) is 12.1 Å². The molecule has 1 fully saturated rings. The molecule has 152 valence electrons. The van der Waals surface area contributed by atoms with Crippen LogP contribution in [0.15, 0.2) is 42.5 Å². The Morgan fingerprint density at radius 2 is 1.72 bits per heavy atom. The molecule has 2 N–H and O–H groups in total.